The maximum Gasteiger partial charge on any atom is 0.264 e. The lowest BCUT2D eigenvalue weighted by Crippen LogP contribution is -2.44. The Hall–Kier alpha value is -2.53. The van der Waals surface area contributed by atoms with Crippen LogP contribution >= 0.6 is 0 Å². The molecule has 0 saturated carbocycles. The number of hydrogen-bond donors (Lipinski definition) is 1. The minimum absolute atomic E-state index is 0.103. The van der Waals surface area contributed by atoms with Crippen molar-refractivity contribution in [3.8, 4) is 0 Å². The zero-order valence-corrected chi connectivity index (χ0v) is 13.1. The molecule has 1 aliphatic rings. The molecule has 1 aromatic carbocycles. The summed E-state index contributed by atoms with van der Waals surface area (Å²) in [5.74, 6) is -0.736. The summed E-state index contributed by atoms with van der Waals surface area (Å²) in [5.41, 5.74) is -0.235. The Morgan fingerprint density at radius 3 is 2.52 bits per heavy atom. The fraction of sp³-hybridized carbons (Fsp3) is 0.278. The Morgan fingerprint density at radius 1 is 1.22 bits per heavy atom. The summed E-state index contributed by atoms with van der Waals surface area (Å²) in [6.45, 7) is 3.76. The van der Waals surface area contributed by atoms with Crippen LogP contribution in [0.1, 0.15) is 36.2 Å². The number of anilines is 1. The molecule has 1 aromatic heterocycles. The third-order valence-electron chi connectivity index (χ3n) is 4.12. The van der Waals surface area contributed by atoms with E-state index in [0.29, 0.717) is 16.8 Å². The summed E-state index contributed by atoms with van der Waals surface area (Å²) in [5, 5.41) is 11.0. The van der Waals surface area contributed by atoms with Gasteiger partial charge in [0.15, 0.2) is 11.4 Å². The summed E-state index contributed by atoms with van der Waals surface area (Å²) >= 11 is 0. The summed E-state index contributed by atoms with van der Waals surface area (Å²) in [7, 11) is 0. The van der Waals surface area contributed by atoms with Crippen LogP contribution in [0.25, 0.3) is 0 Å². The highest BCUT2D eigenvalue weighted by Gasteiger charge is 2.51. The van der Waals surface area contributed by atoms with E-state index in [4.69, 9.17) is 0 Å². The molecular weight excluding hydrogens is 292 g/mol. The van der Waals surface area contributed by atoms with Crippen molar-refractivity contribution in [1.82, 2.24) is 4.98 Å². The molecule has 1 aliphatic heterocycles. The molecule has 1 N–H and O–H groups in total. The van der Waals surface area contributed by atoms with Gasteiger partial charge in [0.2, 0.25) is 0 Å². The van der Waals surface area contributed by atoms with E-state index in [-0.39, 0.29) is 18.2 Å². The predicted octanol–water partition coefficient (Wildman–Crippen LogP) is 2.30. The van der Waals surface area contributed by atoms with Gasteiger partial charge in [0.05, 0.1) is 12.1 Å². The summed E-state index contributed by atoms with van der Waals surface area (Å²) in [6, 6.07) is 10.1. The number of aromatic nitrogens is 1. The molecule has 0 saturated heterocycles. The average molecular weight is 310 g/mol. The maximum absolute atomic E-state index is 12.8. The van der Waals surface area contributed by atoms with E-state index in [9.17, 15) is 14.7 Å². The molecule has 3 rings (SSSR count). The van der Waals surface area contributed by atoms with Gasteiger partial charge >= 0.3 is 0 Å². The lowest BCUT2D eigenvalue weighted by Gasteiger charge is -2.25. The van der Waals surface area contributed by atoms with Crippen molar-refractivity contribution in [2.75, 3.05) is 4.90 Å². The van der Waals surface area contributed by atoms with Gasteiger partial charge in [0.1, 0.15) is 0 Å². The van der Waals surface area contributed by atoms with Gasteiger partial charge in [-0.3, -0.25) is 14.6 Å². The van der Waals surface area contributed by atoms with Crippen molar-refractivity contribution in [1.29, 1.82) is 0 Å². The molecule has 118 valence electrons. The number of fused-ring (bicyclic) bond motifs is 1. The number of carbonyl (C=O) groups excluding carboxylic acids is 2. The quantitative estimate of drug-likeness (QED) is 0.880. The number of hydrogen-bond acceptors (Lipinski definition) is 4. The number of Topliss-reactive ketones (excluding diaryl/α,β-unsaturated/α-hetero) is 1. The Labute approximate surface area is 134 Å². The van der Waals surface area contributed by atoms with Crippen molar-refractivity contribution >= 4 is 17.4 Å². The Bertz CT molecular complexity index is 758. The number of pyridine rings is 1. The maximum atomic E-state index is 12.8. The van der Waals surface area contributed by atoms with E-state index in [1.807, 2.05) is 19.9 Å². The number of aliphatic hydroxyl groups is 1. The molecular formula is C18H18N2O3. The molecule has 2 heterocycles. The second-order valence-electron chi connectivity index (χ2n) is 5.98. The number of amides is 1. The van der Waals surface area contributed by atoms with Crippen LogP contribution in [0.3, 0.4) is 0 Å². The number of rotatable bonds is 4. The Morgan fingerprint density at radius 2 is 1.87 bits per heavy atom. The standard InChI is InChI=1S/C18H18N2O3/c1-12(2)20-15-6-4-3-5-14(15)18(23,17(20)22)11-16(21)13-7-9-19-10-8-13/h3-10,12,23H,11H2,1-2H3/t18-/m0/s1. The van der Waals surface area contributed by atoms with Gasteiger partial charge in [-0.25, -0.2) is 0 Å². The fourth-order valence-electron chi connectivity index (χ4n) is 3.01. The van der Waals surface area contributed by atoms with Gasteiger partial charge in [-0.05, 0) is 32.0 Å². The number of ketones is 1. The van der Waals surface area contributed by atoms with E-state index in [0.717, 1.165) is 0 Å². The van der Waals surface area contributed by atoms with Gasteiger partial charge < -0.3 is 10.0 Å². The second kappa shape index (κ2) is 5.59. The Balaban J connectivity index is 2.01. The monoisotopic (exact) mass is 310 g/mol. The minimum Gasteiger partial charge on any atom is -0.375 e. The lowest BCUT2D eigenvalue weighted by atomic mass is 9.88. The highest BCUT2D eigenvalue weighted by Crippen LogP contribution is 2.43. The van der Waals surface area contributed by atoms with Crippen molar-refractivity contribution in [3.05, 3.63) is 59.9 Å². The van der Waals surface area contributed by atoms with Crippen LogP contribution in [0.4, 0.5) is 5.69 Å². The molecule has 0 unspecified atom stereocenters. The van der Waals surface area contributed by atoms with E-state index < -0.39 is 11.5 Å². The molecule has 23 heavy (non-hydrogen) atoms. The second-order valence-corrected chi connectivity index (χ2v) is 5.98. The number of carbonyl (C=O) groups is 2. The molecule has 0 radical (unpaired) electrons. The van der Waals surface area contributed by atoms with Gasteiger partial charge in [-0.2, -0.15) is 0 Å². The third-order valence-corrected chi connectivity index (χ3v) is 4.12. The molecule has 2 aromatic rings. The van der Waals surface area contributed by atoms with E-state index in [1.54, 1.807) is 35.2 Å². The predicted molar refractivity (Wildman–Crippen MR) is 86.1 cm³/mol. The molecule has 0 bridgehead atoms. The van der Waals surface area contributed by atoms with E-state index in [1.165, 1.54) is 12.4 Å². The molecule has 5 nitrogen and oxygen atoms in total. The third kappa shape index (κ3) is 2.43. The topological polar surface area (TPSA) is 70.5 Å². The number of nitrogens with zero attached hydrogens (tertiary/aromatic N) is 2. The molecule has 5 heteroatoms. The van der Waals surface area contributed by atoms with Crippen molar-refractivity contribution < 1.29 is 14.7 Å². The smallest absolute Gasteiger partial charge is 0.264 e. The summed E-state index contributed by atoms with van der Waals surface area (Å²) < 4.78 is 0. The first-order chi connectivity index (χ1) is 10.9. The van der Waals surface area contributed by atoms with Crippen LogP contribution < -0.4 is 4.90 Å². The fourth-order valence-corrected chi connectivity index (χ4v) is 3.01. The highest BCUT2D eigenvalue weighted by atomic mass is 16.3. The summed E-state index contributed by atoms with van der Waals surface area (Å²) in [4.78, 5) is 30.7. The first kappa shape index (κ1) is 15.4. The first-order valence-corrected chi connectivity index (χ1v) is 7.54. The molecule has 1 amide bonds. The van der Waals surface area contributed by atoms with Crippen LogP contribution in [0, 0.1) is 0 Å². The van der Waals surface area contributed by atoms with Gasteiger partial charge in [-0.15, -0.1) is 0 Å². The normalized spacial score (nSPS) is 20.0. The molecule has 0 spiro atoms. The molecule has 0 fully saturated rings. The van der Waals surface area contributed by atoms with E-state index >= 15 is 0 Å². The molecule has 1 atom stereocenters. The van der Waals surface area contributed by atoms with E-state index in [2.05, 4.69) is 4.98 Å². The van der Waals surface area contributed by atoms with Gasteiger partial charge in [0, 0.05) is 29.6 Å². The zero-order valence-electron chi connectivity index (χ0n) is 13.1. The average Bonchev–Trinajstić information content (AvgIpc) is 2.77. The van der Waals surface area contributed by atoms with Crippen LogP contribution in [-0.4, -0.2) is 27.8 Å². The Kier molecular flexibility index (Phi) is 3.74. The van der Waals surface area contributed by atoms with Crippen molar-refractivity contribution in [2.45, 2.75) is 31.9 Å². The van der Waals surface area contributed by atoms with Gasteiger partial charge in [0.25, 0.3) is 5.91 Å². The number of para-hydroxylation sites is 1. The lowest BCUT2D eigenvalue weighted by molar-refractivity contribution is -0.136. The number of benzene rings is 1. The van der Waals surface area contributed by atoms with Crippen LogP contribution in [0.15, 0.2) is 48.8 Å². The highest BCUT2D eigenvalue weighted by molar-refractivity contribution is 6.11. The van der Waals surface area contributed by atoms with Crippen LogP contribution in [0.5, 0.6) is 0 Å². The largest absolute Gasteiger partial charge is 0.375 e. The van der Waals surface area contributed by atoms with Crippen LogP contribution in [0.2, 0.25) is 0 Å². The summed E-state index contributed by atoms with van der Waals surface area (Å²) in [6.07, 6.45) is 2.75. The minimum atomic E-state index is -1.82. The first-order valence-electron chi connectivity index (χ1n) is 7.54. The van der Waals surface area contributed by atoms with Crippen LogP contribution in [-0.2, 0) is 10.4 Å². The zero-order chi connectivity index (χ0) is 16.6. The van der Waals surface area contributed by atoms with Crippen molar-refractivity contribution in [3.63, 3.8) is 0 Å². The van der Waals surface area contributed by atoms with Crippen molar-refractivity contribution in [2.24, 2.45) is 0 Å². The SMILES string of the molecule is CC(C)N1C(=O)[C@](O)(CC(=O)c2ccncc2)c2ccccc21. The van der Waals surface area contributed by atoms with Gasteiger partial charge in [-0.1, -0.05) is 18.2 Å². The molecule has 0 aliphatic carbocycles.